The molecule has 2 rings (SSSR count). The van der Waals surface area contributed by atoms with E-state index < -0.39 is 6.10 Å². The summed E-state index contributed by atoms with van der Waals surface area (Å²) >= 11 is 5.94. The minimum absolute atomic E-state index is 0.0966. The van der Waals surface area contributed by atoms with Crippen molar-refractivity contribution in [3.63, 3.8) is 0 Å². The zero-order valence-corrected chi connectivity index (χ0v) is 12.9. The zero-order valence-electron chi connectivity index (χ0n) is 12.1. The van der Waals surface area contributed by atoms with E-state index >= 15 is 0 Å². The number of piperidine rings is 1. The summed E-state index contributed by atoms with van der Waals surface area (Å²) < 4.78 is 5.81. The Labute approximate surface area is 125 Å². The van der Waals surface area contributed by atoms with Gasteiger partial charge in [-0.3, -0.25) is 4.79 Å². The van der Waals surface area contributed by atoms with Crippen molar-refractivity contribution in [3.8, 4) is 5.75 Å². The van der Waals surface area contributed by atoms with Gasteiger partial charge in [0.05, 0.1) is 0 Å². The molecule has 1 atom stereocenters. The number of carbonyl (C=O) groups excluding carboxylic acids is 1. The summed E-state index contributed by atoms with van der Waals surface area (Å²) in [4.78, 5) is 14.4. The molecule has 0 aromatic heterocycles. The number of rotatable bonds is 4. The Balaban J connectivity index is 1.99. The smallest absolute Gasteiger partial charge is 0.263 e. The highest BCUT2D eigenvalue weighted by molar-refractivity contribution is 6.30. The number of carbonyl (C=O) groups is 1. The molecule has 20 heavy (non-hydrogen) atoms. The topological polar surface area (TPSA) is 29.5 Å². The molecule has 0 saturated carbocycles. The quantitative estimate of drug-likeness (QED) is 0.846. The second-order valence-corrected chi connectivity index (χ2v) is 5.92. The van der Waals surface area contributed by atoms with Crippen LogP contribution in [0.2, 0.25) is 5.02 Å². The summed E-state index contributed by atoms with van der Waals surface area (Å²) in [5.74, 6) is 1.47. The Bertz CT molecular complexity index is 456. The maximum absolute atomic E-state index is 12.5. The van der Waals surface area contributed by atoms with E-state index in [0.29, 0.717) is 23.1 Å². The van der Waals surface area contributed by atoms with Gasteiger partial charge in [-0.25, -0.2) is 0 Å². The normalized spacial score (nSPS) is 17.9. The Morgan fingerprint density at radius 2 is 2.15 bits per heavy atom. The van der Waals surface area contributed by atoms with E-state index in [9.17, 15) is 4.79 Å². The first-order valence-corrected chi connectivity index (χ1v) is 7.69. The average molecular weight is 296 g/mol. The first-order chi connectivity index (χ1) is 9.60. The van der Waals surface area contributed by atoms with Gasteiger partial charge in [0.15, 0.2) is 6.10 Å². The Kier molecular flexibility index (Phi) is 5.30. The van der Waals surface area contributed by atoms with E-state index in [2.05, 4.69) is 6.92 Å². The highest BCUT2D eigenvalue weighted by atomic mass is 35.5. The van der Waals surface area contributed by atoms with Gasteiger partial charge in [0.1, 0.15) is 5.75 Å². The van der Waals surface area contributed by atoms with E-state index in [1.165, 1.54) is 0 Å². The van der Waals surface area contributed by atoms with Gasteiger partial charge in [-0.15, -0.1) is 0 Å². The summed E-state index contributed by atoms with van der Waals surface area (Å²) in [6, 6.07) is 7.20. The fourth-order valence-corrected chi connectivity index (χ4v) is 2.63. The third-order valence-corrected chi connectivity index (χ3v) is 4.05. The van der Waals surface area contributed by atoms with Gasteiger partial charge in [-0.05, 0) is 43.4 Å². The Morgan fingerprint density at radius 3 is 2.75 bits per heavy atom. The molecule has 1 heterocycles. The monoisotopic (exact) mass is 295 g/mol. The minimum atomic E-state index is -0.415. The lowest BCUT2D eigenvalue weighted by molar-refractivity contribution is -0.140. The molecule has 3 nitrogen and oxygen atoms in total. The van der Waals surface area contributed by atoms with Crippen molar-refractivity contribution in [2.75, 3.05) is 13.1 Å². The van der Waals surface area contributed by atoms with E-state index in [0.717, 1.165) is 25.9 Å². The maximum Gasteiger partial charge on any atom is 0.263 e. The van der Waals surface area contributed by atoms with Gasteiger partial charge < -0.3 is 9.64 Å². The molecule has 1 aliphatic heterocycles. The number of nitrogens with zero attached hydrogens (tertiary/aromatic N) is 1. The van der Waals surface area contributed by atoms with Crippen LogP contribution in [0.15, 0.2) is 24.3 Å². The van der Waals surface area contributed by atoms with Crippen molar-refractivity contribution >= 4 is 17.5 Å². The minimum Gasteiger partial charge on any atom is -0.481 e. The fraction of sp³-hybridized carbons (Fsp3) is 0.562. The standard InChI is InChI=1S/C16H22ClNO2/c1-3-15(20-14-6-4-5-13(17)11-14)16(19)18-9-7-12(2)8-10-18/h4-6,11-12,15H,3,7-10H2,1-2H3/t15-/m0/s1. The van der Waals surface area contributed by atoms with Crippen LogP contribution in [0.5, 0.6) is 5.75 Å². The largest absolute Gasteiger partial charge is 0.481 e. The van der Waals surface area contributed by atoms with Crippen LogP contribution in [0.4, 0.5) is 0 Å². The number of likely N-dealkylation sites (tertiary alicyclic amines) is 1. The highest BCUT2D eigenvalue weighted by Gasteiger charge is 2.27. The van der Waals surface area contributed by atoms with Crippen LogP contribution in [0.3, 0.4) is 0 Å². The van der Waals surface area contributed by atoms with Crippen LogP contribution >= 0.6 is 11.6 Å². The molecule has 0 aliphatic carbocycles. The SMILES string of the molecule is CC[C@H](Oc1cccc(Cl)c1)C(=O)N1CCC(C)CC1. The second-order valence-electron chi connectivity index (χ2n) is 5.48. The number of hydrogen-bond donors (Lipinski definition) is 0. The van der Waals surface area contributed by atoms with Crippen molar-refractivity contribution in [3.05, 3.63) is 29.3 Å². The number of hydrogen-bond acceptors (Lipinski definition) is 2. The molecule has 1 aliphatic rings. The lowest BCUT2D eigenvalue weighted by Crippen LogP contribution is -2.45. The zero-order chi connectivity index (χ0) is 14.5. The highest BCUT2D eigenvalue weighted by Crippen LogP contribution is 2.21. The molecule has 1 aromatic rings. The fourth-order valence-electron chi connectivity index (χ4n) is 2.45. The molecular weight excluding hydrogens is 274 g/mol. The van der Waals surface area contributed by atoms with Gasteiger partial charge in [0.2, 0.25) is 0 Å². The van der Waals surface area contributed by atoms with Crippen LogP contribution < -0.4 is 4.74 Å². The third-order valence-electron chi connectivity index (χ3n) is 3.82. The van der Waals surface area contributed by atoms with Crippen molar-refractivity contribution in [1.82, 2.24) is 4.90 Å². The third kappa shape index (κ3) is 3.89. The second kappa shape index (κ2) is 6.98. The summed E-state index contributed by atoms with van der Waals surface area (Å²) in [5, 5.41) is 0.622. The van der Waals surface area contributed by atoms with E-state index in [1.807, 2.05) is 24.0 Å². The predicted molar refractivity (Wildman–Crippen MR) is 81.1 cm³/mol. The van der Waals surface area contributed by atoms with Crippen LogP contribution in [0, 0.1) is 5.92 Å². The lowest BCUT2D eigenvalue weighted by Gasteiger charge is -2.32. The number of benzene rings is 1. The molecule has 1 aromatic carbocycles. The summed E-state index contributed by atoms with van der Waals surface area (Å²) in [6.45, 7) is 5.89. The molecule has 1 fully saturated rings. The van der Waals surface area contributed by atoms with Crippen LogP contribution in [0.25, 0.3) is 0 Å². The summed E-state index contributed by atoms with van der Waals surface area (Å²) in [7, 11) is 0. The lowest BCUT2D eigenvalue weighted by atomic mass is 9.99. The van der Waals surface area contributed by atoms with Crippen LogP contribution in [-0.2, 0) is 4.79 Å². The van der Waals surface area contributed by atoms with Crippen molar-refractivity contribution < 1.29 is 9.53 Å². The molecule has 0 radical (unpaired) electrons. The van der Waals surface area contributed by atoms with Gasteiger partial charge in [0, 0.05) is 18.1 Å². The summed E-state index contributed by atoms with van der Waals surface area (Å²) in [5.41, 5.74) is 0. The number of amides is 1. The van der Waals surface area contributed by atoms with Gasteiger partial charge in [-0.1, -0.05) is 31.5 Å². The molecule has 4 heteroatoms. The van der Waals surface area contributed by atoms with Crippen LogP contribution in [0.1, 0.15) is 33.1 Å². The Hall–Kier alpha value is -1.22. The van der Waals surface area contributed by atoms with E-state index in [4.69, 9.17) is 16.3 Å². The first kappa shape index (κ1) is 15.2. The van der Waals surface area contributed by atoms with Gasteiger partial charge in [-0.2, -0.15) is 0 Å². The van der Waals surface area contributed by atoms with Crippen molar-refractivity contribution in [1.29, 1.82) is 0 Å². The predicted octanol–water partition coefficient (Wildman–Crippen LogP) is 3.76. The molecule has 1 saturated heterocycles. The Morgan fingerprint density at radius 1 is 1.45 bits per heavy atom. The van der Waals surface area contributed by atoms with Crippen molar-refractivity contribution in [2.24, 2.45) is 5.92 Å². The molecular formula is C16H22ClNO2. The van der Waals surface area contributed by atoms with Crippen LogP contribution in [-0.4, -0.2) is 30.0 Å². The van der Waals surface area contributed by atoms with Gasteiger partial charge >= 0.3 is 0 Å². The number of halogens is 1. The molecule has 110 valence electrons. The number of ether oxygens (including phenoxy) is 1. The average Bonchev–Trinajstić information content (AvgIpc) is 2.45. The molecule has 1 amide bonds. The van der Waals surface area contributed by atoms with Crippen molar-refractivity contribution in [2.45, 2.75) is 39.2 Å². The first-order valence-electron chi connectivity index (χ1n) is 7.31. The molecule has 0 spiro atoms. The summed E-state index contributed by atoms with van der Waals surface area (Å²) in [6.07, 6.45) is 2.41. The molecule has 0 N–H and O–H groups in total. The van der Waals surface area contributed by atoms with E-state index in [-0.39, 0.29) is 5.91 Å². The van der Waals surface area contributed by atoms with Gasteiger partial charge in [0.25, 0.3) is 5.91 Å². The van der Waals surface area contributed by atoms with E-state index in [1.54, 1.807) is 12.1 Å². The molecule has 0 unspecified atom stereocenters. The molecule has 0 bridgehead atoms. The maximum atomic E-state index is 12.5.